The van der Waals surface area contributed by atoms with Gasteiger partial charge in [0, 0.05) is 11.3 Å². The van der Waals surface area contributed by atoms with E-state index >= 15 is 0 Å². The molecule has 0 N–H and O–H groups in total. The Kier molecular flexibility index (Phi) is 10.6. The van der Waals surface area contributed by atoms with Crippen LogP contribution >= 0.6 is 23.1 Å². The number of hydrogen-bond acceptors (Lipinski definition) is 7. The van der Waals surface area contributed by atoms with Gasteiger partial charge in [-0.3, -0.25) is 9.59 Å². The number of carbonyl (C=O) groups is 2. The second-order valence-electron chi connectivity index (χ2n) is 7.94. The molecule has 0 spiro atoms. The van der Waals surface area contributed by atoms with Gasteiger partial charge in [0.05, 0.1) is 5.69 Å². The Hall–Kier alpha value is -2.64. The van der Waals surface area contributed by atoms with Crippen molar-refractivity contribution in [3.05, 3.63) is 70.9 Å². The van der Waals surface area contributed by atoms with Crippen molar-refractivity contribution in [1.82, 2.24) is 4.98 Å². The summed E-state index contributed by atoms with van der Waals surface area (Å²) in [6.45, 7) is 3.53. The highest BCUT2D eigenvalue weighted by Gasteiger charge is 2.18. The Balaban J connectivity index is 1.36. The van der Waals surface area contributed by atoms with E-state index in [2.05, 4.69) is 35.3 Å². The van der Waals surface area contributed by atoms with E-state index in [-0.39, 0.29) is 23.4 Å². The van der Waals surface area contributed by atoms with E-state index in [0.29, 0.717) is 29.3 Å². The van der Waals surface area contributed by atoms with Crippen LogP contribution in [0.3, 0.4) is 0 Å². The third-order valence-electron chi connectivity index (χ3n) is 5.07. The van der Waals surface area contributed by atoms with Gasteiger partial charge >= 0.3 is 5.97 Å². The lowest BCUT2D eigenvalue weighted by atomic mass is 10.1. The standard InChI is InChI=1S/C27H31NO4S2/c1-3-10-25(30)32-27-20(2)28-26(34-27)24(29)19-31-22-14-16-23(17-15-22)33-18-9-5-8-13-21-11-6-4-7-12-21/h4,6-7,11-12,14-17H,3,5,8-10,13,18-19H2,1-2H3. The highest BCUT2D eigenvalue weighted by Crippen LogP contribution is 2.28. The topological polar surface area (TPSA) is 65.5 Å². The Labute approximate surface area is 209 Å². The van der Waals surface area contributed by atoms with Crippen molar-refractivity contribution in [2.75, 3.05) is 12.4 Å². The number of esters is 1. The van der Waals surface area contributed by atoms with Crippen LogP contribution in [-0.4, -0.2) is 29.1 Å². The predicted molar refractivity (Wildman–Crippen MR) is 138 cm³/mol. The van der Waals surface area contributed by atoms with Crippen molar-refractivity contribution in [2.45, 2.75) is 57.3 Å². The molecule has 0 unspecified atom stereocenters. The lowest BCUT2D eigenvalue weighted by Gasteiger charge is -2.06. The number of carbonyl (C=O) groups excluding carboxylic acids is 2. The molecular weight excluding hydrogens is 466 g/mol. The molecule has 0 amide bonds. The molecule has 0 saturated carbocycles. The number of aryl methyl sites for hydroxylation is 2. The fraction of sp³-hybridized carbons (Fsp3) is 0.370. The third kappa shape index (κ3) is 8.61. The number of unbranched alkanes of at least 4 members (excludes halogenated alkanes) is 2. The molecule has 1 aromatic heterocycles. The third-order valence-corrected chi connectivity index (χ3v) is 7.24. The van der Waals surface area contributed by atoms with E-state index in [9.17, 15) is 9.59 Å². The minimum absolute atomic E-state index is 0.108. The fourth-order valence-corrected chi connectivity index (χ4v) is 5.01. The van der Waals surface area contributed by atoms with Gasteiger partial charge in [-0.25, -0.2) is 4.98 Å². The minimum atomic E-state index is -0.311. The number of Topliss-reactive ketones (excluding diaryl/α,β-unsaturated/α-hetero) is 1. The number of thioether (sulfide) groups is 1. The molecule has 0 aliphatic heterocycles. The maximum atomic E-state index is 12.5. The molecule has 1 heterocycles. The van der Waals surface area contributed by atoms with Gasteiger partial charge in [-0.1, -0.05) is 55.0 Å². The summed E-state index contributed by atoms with van der Waals surface area (Å²) in [7, 11) is 0. The van der Waals surface area contributed by atoms with Gasteiger partial charge in [0.15, 0.2) is 11.6 Å². The summed E-state index contributed by atoms with van der Waals surface area (Å²) in [6.07, 6.45) is 5.82. The number of thiazole rings is 1. The Morgan fingerprint density at radius 1 is 1.00 bits per heavy atom. The van der Waals surface area contributed by atoms with Gasteiger partial charge in [0.1, 0.15) is 5.75 Å². The summed E-state index contributed by atoms with van der Waals surface area (Å²) in [4.78, 5) is 29.6. The van der Waals surface area contributed by atoms with E-state index in [1.807, 2.05) is 43.0 Å². The first-order chi connectivity index (χ1) is 16.5. The first-order valence-corrected chi connectivity index (χ1v) is 13.5. The zero-order valence-corrected chi connectivity index (χ0v) is 21.4. The number of ether oxygens (including phenoxy) is 2. The van der Waals surface area contributed by atoms with Crippen LogP contribution in [0.1, 0.15) is 60.1 Å². The summed E-state index contributed by atoms with van der Waals surface area (Å²) in [5, 5.41) is 0.666. The summed E-state index contributed by atoms with van der Waals surface area (Å²) in [6, 6.07) is 18.4. The quantitative estimate of drug-likeness (QED) is 0.104. The zero-order valence-electron chi connectivity index (χ0n) is 19.7. The van der Waals surface area contributed by atoms with Crippen molar-refractivity contribution >= 4 is 34.9 Å². The largest absolute Gasteiger partial charge is 0.485 e. The van der Waals surface area contributed by atoms with E-state index in [0.717, 1.165) is 23.5 Å². The lowest BCUT2D eigenvalue weighted by molar-refractivity contribution is -0.134. The Morgan fingerprint density at radius 3 is 2.50 bits per heavy atom. The molecule has 7 heteroatoms. The maximum absolute atomic E-state index is 12.5. The molecule has 3 rings (SSSR count). The SMILES string of the molecule is CCCC(=O)Oc1sc(C(=O)COc2ccc(SCCCCCc3ccccc3)cc2)nc1C. The summed E-state index contributed by atoms with van der Waals surface area (Å²) >= 11 is 2.92. The van der Waals surface area contributed by atoms with E-state index in [1.54, 1.807) is 6.92 Å². The second-order valence-corrected chi connectivity index (χ2v) is 10.1. The second kappa shape index (κ2) is 13.9. The van der Waals surface area contributed by atoms with Crippen LogP contribution in [0.25, 0.3) is 0 Å². The van der Waals surface area contributed by atoms with E-state index in [1.165, 1.54) is 29.7 Å². The van der Waals surface area contributed by atoms with Crippen LogP contribution in [0, 0.1) is 6.92 Å². The molecule has 0 saturated heterocycles. The molecule has 0 aliphatic rings. The van der Waals surface area contributed by atoms with Crippen molar-refractivity contribution in [3.8, 4) is 10.8 Å². The van der Waals surface area contributed by atoms with Gasteiger partial charge in [0.2, 0.25) is 10.8 Å². The molecule has 180 valence electrons. The van der Waals surface area contributed by atoms with E-state index in [4.69, 9.17) is 9.47 Å². The van der Waals surface area contributed by atoms with Gasteiger partial charge in [-0.05, 0) is 68.2 Å². The molecule has 0 fully saturated rings. The van der Waals surface area contributed by atoms with Crippen molar-refractivity contribution < 1.29 is 19.1 Å². The molecule has 0 aliphatic carbocycles. The summed E-state index contributed by atoms with van der Waals surface area (Å²) in [5.74, 6) is 1.18. The zero-order chi connectivity index (χ0) is 24.2. The van der Waals surface area contributed by atoms with Crippen LogP contribution in [0.2, 0.25) is 0 Å². The van der Waals surface area contributed by atoms with Crippen LogP contribution < -0.4 is 9.47 Å². The average Bonchev–Trinajstić information content (AvgIpc) is 3.21. The fourth-order valence-electron chi connectivity index (χ4n) is 3.24. The number of nitrogens with zero attached hydrogens (tertiary/aromatic N) is 1. The van der Waals surface area contributed by atoms with Crippen LogP contribution in [0.5, 0.6) is 10.8 Å². The molecule has 3 aromatic rings. The van der Waals surface area contributed by atoms with Crippen molar-refractivity contribution in [2.24, 2.45) is 0 Å². The van der Waals surface area contributed by atoms with Gasteiger partial charge < -0.3 is 9.47 Å². The average molecular weight is 498 g/mol. The first kappa shape index (κ1) is 26.0. The predicted octanol–water partition coefficient (Wildman–Crippen LogP) is 6.92. The van der Waals surface area contributed by atoms with Crippen LogP contribution in [0.15, 0.2) is 59.5 Å². The summed E-state index contributed by atoms with van der Waals surface area (Å²) < 4.78 is 10.9. The Morgan fingerprint density at radius 2 is 1.76 bits per heavy atom. The number of benzene rings is 2. The number of rotatable bonds is 14. The molecular formula is C27H31NO4S2. The number of ketones is 1. The van der Waals surface area contributed by atoms with Gasteiger partial charge in [-0.2, -0.15) is 0 Å². The molecule has 0 bridgehead atoms. The number of hydrogen-bond donors (Lipinski definition) is 0. The lowest BCUT2D eigenvalue weighted by Crippen LogP contribution is -2.11. The van der Waals surface area contributed by atoms with Crippen LogP contribution in [-0.2, 0) is 11.2 Å². The molecule has 34 heavy (non-hydrogen) atoms. The Bertz CT molecular complexity index is 1050. The minimum Gasteiger partial charge on any atom is -0.485 e. The van der Waals surface area contributed by atoms with Gasteiger partial charge in [0.25, 0.3) is 0 Å². The molecule has 2 aromatic carbocycles. The molecule has 5 nitrogen and oxygen atoms in total. The van der Waals surface area contributed by atoms with Crippen molar-refractivity contribution in [1.29, 1.82) is 0 Å². The highest BCUT2D eigenvalue weighted by atomic mass is 32.2. The first-order valence-electron chi connectivity index (χ1n) is 11.7. The van der Waals surface area contributed by atoms with Gasteiger partial charge in [-0.15, -0.1) is 11.8 Å². The number of aromatic nitrogens is 1. The van der Waals surface area contributed by atoms with E-state index < -0.39 is 0 Å². The highest BCUT2D eigenvalue weighted by molar-refractivity contribution is 7.99. The van der Waals surface area contributed by atoms with Crippen molar-refractivity contribution in [3.63, 3.8) is 0 Å². The smallest absolute Gasteiger partial charge is 0.312 e. The maximum Gasteiger partial charge on any atom is 0.312 e. The summed E-state index contributed by atoms with van der Waals surface area (Å²) in [5.41, 5.74) is 1.95. The monoisotopic (exact) mass is 497 g/mol. The molecule has 0 atom stereocenters. The molecule has 0 radical (unpaired) electrons. The van der Waals surface area contributed by atoms with Crippen LogP contribution in [0.4, 0.5) is 0 Å². The normalized spacial score (nSPS) is 10.8.